The number of aryl methyl sites for hydroxylation is 1. The fourth-order valence-electron chi connectivity index (χ4n) is 1.68. The van der Waals surface area contributed by atoms with Gasteiger partial charge in [-0.3, -0.25) is 0 Å². The zero-order chi connectivity index (χ0) is 12.2. The van der Waals surface area contributed by atoms with Gasteiger partial charge in [0.2, 0.25) is 0 Å². The van der Waals surface area contributed by atoms with E-state index < -0.39 is 5.60 Å². The Labute approximate surface area is 97.7 Å². The average Bonchev–Trinajstić information content (AvgIpc) is 2.25. The van der Waals surface area contributed by atoms with Crippen LogP contribution >= 0.6 is 0 Å². The van der Waals surface area contributed by atoms with Crippen LogP contribution in [-0.2, 0) is 0 Å². The molecule has 0 aliphatic carbocycles. The Kier molecular flexibility index (Phi) is 4.19. The van der Waals surface area contributed by atoms with Gasteiger partial charge in [-0.2, -0.15) is 0 Å². The van der Waals surface area contributed by atoms with Crippen molar-refractivity contribution in [2.45, 2.75) is 39.2 Å². The van der Waals surface area contributed by atoms with Crippen molar-refractivity contribution in [1.82, 2.24) is 0 Å². The topological polar surface area (TPSA) is 58.3 Å². The van der Waals surface area contributed by atoms with Crippen LogP contribution in [0.5, 0.6) is 0 Å². The summed E-state index contributed by atoms with van der Waals surface area (Å²) >= 11 is 0. The molecular weight excluding hydrogens is 200 g/mol. The monoisotopic (exact) mass is 222 g/mol. The van der Waals surface area contributed by atoms with Gasteiger partial charge >= 0.3 is 0 Å². The molecule has 0 radical (unpaired) electrons. The summed E-state index contributed by atoms with van der Waals surface area (Å²) in [4.78, 5) is 0. The van der Waals surface area contributed by atoms with Gasteiger partial charge in [0.15, 0.2) is 0 Å². The Hall–Kier alpha value is -1.22. The molecule has 1 rings (SSSR count). The maximum atomic E-state index is 10.1. The van der Waals surface area contributed by atoms with Crippen molar-refractivity contribution in [2.24, 2.45) is 0 Å². The third-order valence-electron chi connectivity index (χ3n) is 3.04. The van der Waals surface area contributed by atoms with E-state index in [-0.39, 0.29) is 0 Å². The molecule has 1 aromatic carbocycles. The number of anilines is 2. The molecule has 16 heavy (non-hydrogen) atoms. The molecule has 3 heteroatoms. The Morgan fingerprint density at radius 3 is 2.38 bits per heavy atom. The predicted octanol–water partition coefficient (Wildman–Crippen LogP) is 2.54. The molecule has 0 aliphatic rings. The summed E-state index contributed by atoms with van der Waals surface area (Å²) in [5.74, 6) is 0. The maximum absolute atomic E-state index is 10.1. The molecule has 0 heterocycles. The van der Waals surface area contributed by atoms with Gasteiger partial charge in [0.25, 0.3) is 0 Å². The first-order chi connectivity index (χ1) is 7.49. The van der Waals surface area contributed by atoms with Crippen molar-refractivity contribution in [3.63, 3.8) is 0 Å². The molecule has 0 unspecified atom stereocenters. The molecule has 0 fully saturated rings. The van der Waals surface area contributed by atoms with Crippen molar-refractivity contribution in [2.75, 3.05) is 17.6 Å². The number of aliphatic hydroxyl groups is 1. The van der Waals surface area contributed by atoms with Crippen molar-refractivity contribution < 1.29 is 5.11 Å². The number of benzene rings is 1. The molecule has 90 valence electrons. The summed E-state index contributed by atoms with van der Waals surface area (Å²) in [5.41, 5.74) is 7.98. The van der Waals surface area contributed by atoms with Crippen LogP contribution in [0.25, 0.3) is 0 Å². The second-order valence-electron chi connectivity index (χ2n) is 4.42. The molecule has 0 aromatic heterocycles. The van der Waals surface area contributed by atoms with Gasteiger partial charge in [-0.25, -0.2) is 0 Å². The minimum Gasteiger partial charge on any atom is -0.399 e. The fourth-order valence-corrected chi connectivity index (χ4v) is 1.68. The minimum atomic E-state index is -0.626. The van der Waals surface area contributed by atoms with E-state index in [9.17, 15) is 5.11 Å². The number of hydrogen-bond donors (Lipinski definition) is 3. The summed E-state index contributed by atoms with van der Waals surface area (Å²) in [5, 5.41) is 13.4. The second-order valence-corrected chi connectivity index (χ2v) is 4.42. The number of rotatable bonds is 5. The molecule has 4 N–H and O–H groups in total. The Bertz CT molecular complexity index is 326. The average molecular weight is 222 g/mol. The van der Waals surface area contributed by atoms with Gasteiger partial charge in [0.1, 0.15) is 0 Å². The first-order valence-electron chi connectivity index (χ1n) is 5.82. The van der Waals surface area contributed by atoms with Gasteiger partial charge in [0, 0.05) is 17.9 Å². The van der Waals surface area contributed by atoms with Crippen molar-refractivity contribution in [3.8, 4) is 0 Å². The lowest BCUT2D eigenvalue weighted by atomic mass is 9.97. The lowest BCUT2D eigenvalue weighted by molar-refractivity contribution is 0.0457. The molecule has 0 spiro atoms. The van der Waals surface area contributed by atoms with E-state index >= 15 is 0 Å². The van der Waals surface area contributed by atoms with E-state index in [2.05, 4.69) is 5.32 Å². The standard InChI is InChI=1S/C13H22N2O/c1-4-13(16,5-2)9-15-12-7-10(3)6-11(14)8-12/h6-8,15-16H,4-5,9,14H2,1-3H3. The molecular formula is C13H22N2O. The van der Waals surface area contributed by atoms with Gasteiger partial charge in [-0.1, -0.05) is 13.8 Å². The quantitative estimate of drug-likeness (QED) is 0.671. The highest BCUT2D eigenvalue weighted by Crippen LogP contribution is 2.19. The second kappa shape index (κ2) is 5.21. The third-order valence-corrected chi connectivity index (χ3v) is 3.04. The van der Waals surface area contributed by atoms with Crippen LogP contribution in [0.15, 0.2) is 18.2 Å². The lowest BCUT2D eigenvalue weighted by Crippen LogP contribution is -2.35. The summed E-state index contributed by atoms with van der Waals surface area (Å²) in [6, 6.07) is 5.85. The highest BCUT2D eigenvalue weighted by molar-refractivity contribution is 5.56. The lowest BCUT2D eigenvalue weighted by Gasteiger charge is -2.26. The minimum absolute atomic E-state index is 0.558. The van der Waals surface area contributed by atoms with Crippen molar-refractivity contribution >= 4 is 11.4 Å². The SMILES string of the molecule is CCC(O)(CC)CNc1cc(C)cc(N)c1. The van der Waals surface area contributed by atoms with E-state index in [1.54, 1.807) is 0 Å². The third kappa shape index (κ3) is 3.42. The molecule has 0 saturated heterocycles. The number of nitrogens with two attached hydrogens (primary N) is 1. The summed E-state index contributed by atoms with van der Waals surface area (Å²) < 4.78 is 0. The van der Waals surface area contributed by atoms with E-state index in [1.807, 2.05) is 39.0 Å². The van der Waals surface area contributed by atoms with Gasteiger partial charge in [0.05, 0.1) is 5.60 Å². The first-order valence-corrected chi connectivity index (χ1v) is 5.82. The molecule has 0 bridgehead atoms. The van der Waals surface area contributed by atoms with Crippen molar-refractivity contribution in [3.05, 3.63) is 23.8 Å². The van der Waals surface area contributed by atoms with Crippen molar-refractivity contribution in [1.29, 1.82) is 0 Å². The maximum Gasteiger partial charge on any atom is 0.0814 e. The number of hydrogen-bond acceptors (Lipinski definition) is 3. The van der Waals surface area contributed by atoms with Crippen LogP contribution in [0.4, 0.5) is 11.4 Å². The highest BCUT2D eigenvalue weighted by atomic mass is 16.3. The first kappa shape index (κ1) is 12.8. The van der Waals surface area contributed by atoms with E-state index in [4.69, 9.17) is 5.73 Å². The normalized spacial score (nSPS) is 11.5. The Morgan fingerprint density at radius 2 is 1.88 bits per heavy atom. The van der Waals surface area contributed by atoms with Crippen LogP contribution in [0, 0.1) is 6.92 Å². The molecule has 0 saturated carbocycles. The Morgan fingerprint density at radius 1 is 1.25 bits per heavy atom. The van der Waals surface area contributed by atoms with Crippen LogP contribution in [-0.4, -0.2) is 17.3 Å². The zero-order valence-corrected chi connectivity index (χ0v) is 10.4. The highest BCUT2D eigenvalue weighted by Gasteiger charge is 2.21. The molecule has 3 nitrogen and oxygen atoms in total. The molecule has 1 aromatic rings. The summed E-state index contributed by atoms with van der Waals surface area (Å²) in [6.07, 6.45) is 1.50. The Balaban J connectivity index is 2.67. The van der Waals surface area contributed by atoms with Gasteiger partial charge in [-0.15, -0.1) is 0 Å². The van der Waals surface area contributed by atoms with Crippen LogP contribution in [0.3, 0.4) is 0 Å². The van der Waals surface area contributed by atoms with Crippen LogP contribution in [0.2, 0.25) is 0 Å². The predicted molar refractivity (Wildman–Crippen MR) is 69.6 cm³/mol. The summed E-state index contributed by atoms with van der Waals surface area (Å²) in [6.45, 7) is 6.56. The van der Waals surface area contributed by atoms with Crippen LogP contribution in [0.1, 0.15) is 32.3 Å². The van der Waals surface area contributed by atoms with E-state index in [0.717, 1.165) is 29.8 Å². The molecule has 0 aliphatic heterocycles. The smallest absolute Gasteiger partial charge is 0.0814 e. The zero-order valence-electron chi connectivity index (χ0n) is 10.4. The van der Waals surface area contributed by atoms with Gasteiger partial charge < -0.3 is 16.2 Å². The molecule has 0 atom stereocenters. The molecule has 0 amide bonds. The fraction of sp³-hybridized carbons (Fsp3) is 0.538. The summed E-state index contributed by atoms with van der Waals surface area (Å²) in [7, 11) is 0. The number of nitrogen functional groups attached to an aromatic ring is 1. The van der Waals surface area contributed by atoms with E-state index in [0.29, 0.717) is 6.54 Å². The van der Waals surface area contributed by atoms with Gasteiger partial charge in [-0.05, 0) is 43.5 Å². The largest absolute Gasteiger partial charge is 0.399 e. The van der Waals surface area contributed by atoms with E-state index in [1.165, 1.54) is 0 Å². The van der Waals surface area contributed by atoms with Crippen LogP contribution < -0.4 is 11.1 Å². The number of nitrogens with one attached hydrogen (secondary N) is 1.